The summed E-state index contributed by atoms with van der Waals surface area (Å²) in [5, 5.41) is 0. The summed E-state index contributed by atoms with van der Waals surface area (Å²) >= 11 is 0. The zero-order valence-corrected chi connectivity index (χ0v) is 9.64. The van der Waals surface area contributed by atoms with Gasteiger partial charge in [0.15, 0.2) is 0 Å². The van der Waals surface area contributed by atoms with Crippen molar-refractivity contribution in [3.05, 3.63) is 0 Å². The van der Waals surface area contributed by atoms with Gasteiger partial charge in [0.25, 0.3) is 0 Å². The maximum Gasteiger partial charge on any atom is -0.0295 e. The molecule has 0 aromatic heterocycles. The van der Waals surface area contributed by atoms with E-state index in [0.717, 1.165) is 23.7 Å². The van der Waals surface area contributed by atoms with Crippen molar-refractivity contribution in [1.82, 2.24) is 0 Å². The molecule has 3 unspecified atom stereocenters. The second-order valence-electron chi connectivity index (χ2n) is 6.33. The van der Waals surface area contributed by atoms with Gasteiger partial charge >= 0.3 is 0 Å². The van der Waals surface area contributed by atoms with Gasteiger partial charge in [0.2, 0.25) is 0 Å². The topological polar surface area (TPSA) is 0 Å². The van der Waals surface area contributed by atoms with E-state index in [1.165, 1.54) is 19.3 Å². The molecule has 0 saturated heterocycles. The van der Waals surface area contributed by atoms with Crippen LogP contribution >= 0.6 is 0 Å². The van der Waals surface area contributed by atoms with Gasteiger partial charge in [0.1, 0.15) is 0 Å². The van der Waals surface area contributed by atoms with Crippen LogP contribution in [0.3, 0.4) is 0 Å². The van der Waals surface area contributed by atoms with Crippen LogP contribution in [0.25, 0.3) is 0 Å². The van der Waals surface area contributed by atoms with Gasteiger partial charge in [-0.2, -0.15) is 0 Å². The molecule has 0 heteroatoms. The summed E-state index contributed by atoms with van der Waals surface area (Å²) in [4.78, 5) is 0. The highest BCUT2D eigenvalue weighted by atomic mass is 14.6. The molecule has 0 N–H and O–H groups in total. The minimum Gasteiger partial charge on any atom is -0.0776 e. The molecule has 3 atom stereocenters. The van der Waals surface area contributed by atoms with E-state index >= 15 is 0 Å². The molecule has 3 saturated carbocycles. The third kappa shape index (κ3) is 1.73. The zero-order chi connectivity index (χ0) is 9.64. The fourth-order valence-electron chi connectivity index (χ4n) is 3.85. The number of hydrogen-bond donors (Lipinski definition) is 0. The summed E-state index contributed by atoms with van der Waals surface area (Å²) < 4.78 is 0. The van der Waals surface area contributed by atoms with Gasteiger partial charge in [-0.3, -0.25) is 0 Å². The Bertz CT molecular complexity index is 188. The average molecular weight is 196 g/mol. The summed E-state index contributed by atoms with van der Waals surface area (Å²) in [6.07, 6.45) is 6.06. The Morgan fingerprint density at radius 3 is 2.29 bits per heavy atom. The third-order valence-corrected chi connectivity index (χ3v) is 4.78. The maximum absolute atomic E-state index is 2.50. The lowest BCUT2D eigenvalue weighted by Gasteiger charge is -2.60. The Balaban J connectivity index is 0.000000980. The highest BCUT2D eigenvalue weighted by molar-refractivity contribution is 5.03. The van der Waals surface area contributed by atoms with Crippen LogP contribution in [-0.2, 0) is 0 Å². The molecule has 0 nitrogen and oxygen atoms in total. The smallest absolute Gasteiger partial charge is 0.0295 e. The summed E-state index contributed by atoms with van der Waals surface area (Å²) in [5.41, 5.74) is 0.692. The first-order chi connectivity index (χ1) is 6.01. The average Bonchev–Trinajstić information content (AvgIpc) is 2.03. The molecular formula is C14H28. The quantitative estimate of drug-likeness (QED) is 0.598. The van der Waals surface area contributed by atoms with Gasteiger partial charge in [-0.05, 0) is 54.8 Å². The molecule has 0 heterocycles. The molecule has 0 radical (unpaired) electrons. The molecule has 0 aliphatic heterocycles. The van der Waals surface area contributed by atoms with E-state index in [0.29, 0.717) is 5.41 Å². The number of rotatable bonds is 2. The molecule has 3 fully saturated rings. The van der Waals surface area contributed by atoms with E-state index in [1.54, 1.807) is 6.42 Å². The predicted octanol–water partition coefficient (Wildman–Crippen LogP) is 4.74. The second kappa shape index (κ2) is 3.87. The first-order valence-corrected chi connectivity index (χ1v) is 6.01. The zero-order valence-electron chi connectivity index (χ0n) is 9.64. The van der Waals surface area contributed by atoms with Crippen molar-refractivity contribution in [2.75, 3.05) is 0 Å². The highest BCUT2D eigenvalue weighted by Gasteiger charge is 2.53. The predicted molar refractivity (Wildman–Crippen MR) is 64.3 cm³/mol. The van der Waals surface area contributed by atoms with Crippen molar-refractivity contribution < 1.29 is 0 Å². The number of hydrogen-bond acceptors (Lipinski definition) is 0. The SMILES string of the molecule is C.CC(C)CC1CCC2CC1C2(C)C. The van der Waals surface area contributed by atoms with Gasteiger partial charge in [0.05, 0.1) is 0 Å². The Kier molecular flexibility index (Phi) is 3.33. The molecule has 3 aliphatic rings. The first kappa shape index (κ1) is 12.1. The first-order valence-electron chi connectivity index (χ1n) is 6.01. The molecular weight excluding hydrogens is 168 g/mol. The van der Waals surface area contributed by atoms with Crippen LogP contribution < -0.4 is 0 Å². The fourth-order valence-corrected chi connectivity index (χ4v) is 3.85. The van der Waals surface area contributed by atoms with Crippen molar-refractivity contribution >= 4 is 0 Å². The summed E-state index contributed by atoms with van der Waals surface area (Å²) in [7, 11) is 0. The Morgan fingerprint density at radius 1 is 1.21 bits per heavy atom. The van der Waals surface area contributed by atoms with E-state index in [1.807, 2.05) is 0 Å². The summed E-state index contributed by atoms with van der Waals surface area (Å²) in [6.45, 7) is 9.74. The van der Waals surface area contributed by atoms with Gasteiger partial charge < -0.3 is 0 Å². The van der Waals surface area contributed by atoms with Crippen LogP contribution in [0.4, 0.5) is 0 Å². The van der Waals surface area contributed by atoms with Crippen LogP contribution in [0.15, 0.2) is 0 Å². The molecule has 14 heavy (non-hydrogen) atoms. The molecule has 0 spiro atoms. The fraction of sp³-hybridized carbons (Fsp3) is 1.00. The van der Waals surface area contributed by atoms with Gasteiger partial charge in [-0.25, -0.2) is 0 Å². The third-order valence-electron chi connectivity index (χ3n) is 4.78. The molecule has 3 rings (SSSR count). The van der Waals surface area contributed by atoms with Crippen molar-refractivity contribution in [1.29, 1.82) is 0 Å². The minimum absolute atomic E-state index is 0. The monoisotopic (exact) mass is 196 g/mol. The Labute approximate surface area is 90.5 Å². The van der Waals surface area contributed by atoms with Crippen molar-refractivity contribution in [2.45, 2.75) is 60.8 Å². The molecule has 0 amide bonds. The van der Waals surface area contributed by atoms with Crippen molar-refractivity contribution in [3.8, 4) is 0 Å². The highest BCUT2D eigenvalue weighted by Crippen LogP contribution is 2.62. The van der Waals surface area contributed by atoms with Crippen LogP contribution in [-0.4, -0.2) is 0 Å². The van der Waals surface area contributed by atoms with E-state index in [-0.39, 0.29) is 7.43 Å². The minimum atomic E-state index is 0. The van der Waals surface area contributed by atoms with E-state index in [2.05, 4.69) is 27.7 Å². The van der Waals surface area contributed by atoms with Crippen molar-refractivity contribution in [2.24, 2.45) is 29.1 Å². The van der Waals surface area contributed by atoms with E-state index in [9.17, 15) is 0 Å². The standard InChI is InChI=1S/C13H24.CH4/c1-9(2)7-10-5-6-11-8-12(10)13(11,3)4;/h9-12H,5-8H2,1-4H3;1H4. The molecule has 84 valence electrons. The molecule has 0 aromatic carbocycles. The van der Waals surface area contributed by atoms with Gasteiger partial charge in [0, 0.05) is 0 Å². The molecule has 2 bridgehead atoms. The van der Waals surface area contributed by atoms with E-state index in [4.69, 9.17) is 0 Å². The van der Waals surface area contributed by atoms with Gasteiger partial charge in [-0.1, -0.05) is 35.1 Å². The molecule has 0 aromatic rings. The maximum atomic E-state index is 2.50. The normalized spacial score (nSPS) is 38.8. The lowest BCUT2D eigenvalue weighted by Crippen LogP contribution is -2.52. The molecule has 3 aliphatic carbocycles. The van der Waals surface area contributed by atoms with Crippen LogP contribution in [0.1, 0.15) is 60.8 Å². The van der Waals surface area contributed by atoms with E-state index < -0.39 is 0 Å². The lowest BCUT2D eigenvalue weighted by molar-refractivity contribution is -0.109. The van der Waals surface area contributed by atoms with Gasteiger partial charge in [-0.15, -0.1) is 0 Å². The Hall–Kier alpha value is 0. The largest absolute Gasteiger partial charge is 0.0776 e. The second-order valence-corrected chi connectivity index (χ2v) is 6.33. The lowest BCUT2D eigenvalue weighted by atomic mass is 9.45. The number of fused-ring (bicyclic) bond motifs is 2. The summed E-state index contributed by atoms with van der Waals surface area (Å²) in [6, 6.07) is 0. The van der Waals surface area contributed by atoms with Crippen LogP contribution in [0.2, 0.25) is 0 Å². The van der Waals surface area contributed by atoms with Crippen molar-refractivity contribution in [3.63, 3.8) is 0 Å². The Morgan fingerprint density at radius 2 is 1.86 bits per heavy atom. The van der Waals surface area contributed by atoms with Crippen LogP contribution in [0, 0.1) is 29.1 Å². The summed E-state index contributed by atoms with van der Waals surface area (Å²) in [5.74, 6) is 4.09. The van der Waals surface area contributed by atoms with Crippen LogP contribution in [0.5, 0.6) is 0 Å².